The lowest BCUT2D eigenvalue weighted by molar-refractivity contribution is -0.113. The second kappa shape index (κ2) is 11.1. The maximum Gasteiger partial charge on any atom is 0.251 e. The lowest BCUT2D eigenvalue weighted by Crippen LogP contribution is -2.28. The van der Waals surface area contributed by atoms with Crippen LogP contribution in [0.25, 0.3) is 10.8 Å². The highest BCUT2D eigenvalue weighted by Gasteiger charge is 2.20. The standard InChI is InChI=1S/C25H23Cl2N5O2S/c1-3-32-23(15(2)28-24(34)18-9-11-20(26)21(27)13-18)30-31-25(32)35-14-22(33)29-19-10-8-16-6-4-5-7-17(16)12-19/h4-13,15H,3,14H2,1-2H3,(H,28,34)(H,29,33)/t15-/m1/s1. The number of anilines is 1. The number of hydrogen-bond donors (Lipinski definition) is 2. The Morgan fingerprint density at radius 1 is 1.00 bits per heavy atom. The van der Waals surface area contributed by atoms with Crippen LogP contribution in [-0.4, -0.2) is 32.3 Å². The molecule has 180 valence electrons. The molecular weight excluding hydrogens is 505 g/mol. The molecule has 0 saturated carbocycles. The minimum Gasteiger partial charge on any atom is -0.342 e. The number of aromatic nitrogens is 3. The van der Waals surface area contributed by atoms with Gasteiger partial charge in [-0.25, -0.2) is 0 Å². The summed E-state index contributed by atoms with van der Waals surface area (Å²) in [7, 11) is 0. The van der Waals surface area contributed by atoms with Gasteiger partial charge in [0.2, 0.25) is 5.91 Å². The Hall–Kier alpha value is -3.07. The van der Waals surface area contributed by atoms with Crippen molar-refractivity contribution in [2.45, 2.75) is 31.6 Å². The number of halogens is 2. The lowest BCUT2D eigenvalue weighted by Gasteiger charge is -2.15. The van der Waals surface area contributed by atoms with Crippen LogP contribution in [0, 0.1) is 0 Å². The van der Waals surface area contributed by atoms with Gasteiger partial charge >= 0.3 is 0 Å². The first-order valence-electron chi connectivity index (χ1n) is 11.0. The fourth-order valence-corrected chi connectivity index (χ4v) is 4.71. The first kappa shape index (κ1) is 25.0. The number of fused-ring (bicyclic) bond motifs is 1. The van der Waals surface area contributed by atoms with E-state index in [0.717, 1.165) is 16.5 Å². The van der Waals surface area contributed by atoms with Gasteiger partial charge in [0, 0.05) is 17.8 Å². The number of carbonyl (C=O) groups excluding carboxylic acids is 2. The van der Waals surface area contributed by atoms with Crippen molar-refractivity contribution in [2.75, 3.05) is 11.1 Å². The summed E-state index contributed by atoms with van der Waals surface area (Å²) in [5, 5.41) is 17.8. The summed E-state index contributed by atoms with van der Waals surface area (Å²) in [4.78, 5) is 25.2. The molecule has 0 radical (unpaired) electrons. The molecule has 0 spiro atoms. The van der Waals surface area contributed by atoms with E-state index in [1.807, 2.05) is 60.9 Å². The maximum absolute atomic E-state index is 12.6. The van der Waals surface area contributed by atoms with Gasteiger partial charge in [0.1, 0.15) is 0 Å². The van der Waals surface area contributed by atoms with Gasteiger partial charge in [-0.2, -0.15) is 0 Å². The number of thioether (sulfide) groups is 1. The van der Waals surface area contributed by atoms with E-state index < -0.39 is 6.04 Å². The maximum atomic E-state index is 12.6. The van der Waals surface area contributed by atoms with Crippen molar-refractivity contribution in [1.29, 1.82) is 0 Å². The molecule has 1 aromatic heterocycles. The molecule has 2 N–H and O–H groups in total. The molecule has 4 rings (SSSR count). The third-order valence-corrected chi connectivity index (χ3v) is 7.05. The van der Waals surface area contributed by atoms with Crippen LogP contribution in [0.5, 0.6) is 0 Å². The number of benzene rings is 3. The summed E-state index contributed by atoms with van der Waals surface area (Å²) < 4.78 is 1.88. The summed E-state index contributed by atoms with van der Waals surface area (Å²) in [5.74, 6) is 0.331. The number of rotatable bonds is 8. The third-order valence-electron chi connectivity index (χ3n) is 5.34. The molecule has 0 bridgehead atoms. The molecule has 0 saturated heterocycles. The number of nitrogens with one attached hydrogen (secondary N) is 2. The second-order valence-electron chi connectivity index (χ2n) is 7.81. The molecule has 10 heteroatoms. The molecule has 0 fully saturated rings. The minimum atomic E-state index is -0.412. The molecule has 1 heterocycles. The van der Waals surface area contributed by atoms with Crippen molar-refractivity contribution in [1.82, 2.24) is 20.1 Å². The van der Waals surface area contributed by atoms with Gasteiger partial charge in [0.05, 0.1) is 21.8 Å². The predicted molar refractivity (Wildman–Crippen MR) is 141 cm³/mol. The molecule has 4 aromatic rings. The minimum absolute atomic E-state index is 0.140. The molecule has 0 aliphatic heterocycles. The molecule has 35 heavy (non-hydrogen) atoms. The number of amides is 2. The normalized spacial score (nSPS) is 11.9. The zero-order chi connectivity index (χ0) is 24.9. The van der Waals surface area contributed by atoms with Crippen molar-refractivity contribution in [3.05, 3.63) is 82.1 Å². The van der Waals surface area contributed by atoms with E-state index in [-0.39, 0.29) is 17.6 Å². The lowest BCUT2D eigenvalue weighted by atomic mass is 10.1. The van der Waals surface area contributed by atoms with Gasteiger partial charge in [-0.15, -0.1) is 10.2 Å². The van der Waals surface area contributed by atoms with Crippen molar-refractivity contribution in [3.8, 4) is 0 Å². The monoisotopic (exact) mass is 527 g/mol. The molecule has 0 aliphatic carbocycles. The average Bonchev–Trinajstić information content (AvgIpc) is 3.27. The molecule has 3 aromatic carbocycles. The first-order valence-corrected chi connectivity index (χ1v) is 12.7. The Labute approximate surface area is 217 Å². The zero-order valence-corrected chi connectivity index (χ0v) is 21.4. The molecule has 1 atom stereocenters. The van der Waals surface area contributed by atoms with Gasteiger partial charge in [0.25, 0.3) is 5.91 Å². The zero-order valence-electron chi connectivity index (χ0n) is 19.1. The fourth-order valence-electron chi connectivity index (χ4n) is 3.60. The molecule has 2 amide bonds. The SMILES string of the molecule is CCn1c(SCC(=O)Nc2ccc3ccccc3c2)nnc1[C@@H](C)NC(=O)c1ccc(Cl)c(Cl)c1. The Bertz CT molecular complexity index is 1390. The number of carbonyl (C=O) groups is 2. The molecular formula is C25H23Cl2N5O2S. The van der Waals surface area contributed by atoms with Gasteiger partial charge in [-0.05, 0) is 55.0 Å². The third kappa shape index (κ3) is 5.96. The Morgan fingerprint density at radius 2 is 1.77 bits per heavy atom. The van der Waals surface area contributed by atoms with E-state index in [4.69, 9.17) is 23.2 Å². The van der Waals surface area contributed by atoms with Gasteiger partial charge in [-0.1, -0.05) is 65.3 Å². The summed E-state index contributed by atoms with van der Waals surface area (Å²) in [5.41, 5.74) is 1.14. The summed E-state index contributed by atoms with van der Waals surface area (Å²) >= 11 is 13.3. The molecule has 0 aliphatic rings. The number of hydrogen-bond acceptors (Lipinski definition) is 5. The summed E-state index contributed by atoms with van der Waals surface area (Å²) in [6.07, 6.45) is 0. The second-order valence-corrected chi connectivity index (χ2v) is 9.56. The highest BCUT2D eigenvalue weighted by molar-refractivity contribution is 7.99. The van der Waals surface area contributed by atoms with E-state index >= 15 is 0 Å². The van der Waals surface area contributed by atoms with Gasteiger partial charge in [-0.3, -0.25) is 9.59 Å². The Kier molecular flexibility index (Phi) is 7.95. The van der Waals surface area contributed by atoms with Crippen LogP contribution in [0.3, 0.4) is 0 Å². The van der Waals surface area contributed by atoms with Crippen LogP contribution >= 0.6 is 35.0 Å². The summed E-state index contributed by atoms with van der Waals surface area (Å²) in [6, 6.07) is 18.1. The van der Waals surface area contributed by atoms with Gasteiger partial charge in [0.15, 0.2) is 11.0 Å². The Balaban J connectivity index is 1.38. The fraction of sp³-hybridized carbons (Fsp3) is 0.200. The Morgan fingerprint density at radius 3 is 2.51 bits per heavy atom. The van der Waals surface area contributed by atoms with Crippen LogP contribution in [0.15, 0.2) is 65.8 Å². The van der Waals surface area contributed by atoms with Crippen molar-refractivity contribution >= 4 is 63.2 Å². The first-order chi connectivity index (χ1) is 16.9. The molecule has 0 unspecified atom stereocenters. The van der Waals surface area contributed by atoms with Crippen LogP contribution in [0.2, 0.25) is 10.0 Å². The molecule has 7 nitrogen and oxygen atoms in total. The van der Waals surface area contributed by atoms with E-state index in [9.17, 15) is 9.59 Å². The predicted octanol–water partition coefficient (Wildman–Crippen LogP) is 5.98. The largest absolute Gasteiger partial charge is 0.342 e. The van der Waals surface area contributed by atoms with Crippen molar-refractivity contribution in [2.24, 2.45) is 0 Å². The van der Waals surface area contributed by atoms with Crippen LogP contribution < -0.4 is 10.6 Å². The van der Waals surface area contributed by atoms with Gasteiger partial charge < -0.3 is 15.2 Å². The highest BCUT2D eigenvalue weighted by atomic mass is 35.5. The van der Waals surface area contributed by atoms with E-state index in [1.165, 1.54) is 17.8 Å². The van der Waals surface area contributed by atoms with E-state index in [1.54, 1.807) is 12.1 Å². The van der Waals surface area contributed by atoms with E-state index in [2.05, 4.69) is 20.8 Å². The average molecular weight is 528 g/mol. The van der Waals surface area contributed by atoms with Crippen molar-refractivity contribution < 1.29 is 9.59 Å². The smallest absolute Gasteiger partial charge is 0.251 e. The quantitative estimate of drug-likeness (QED) is 0.275. The number of nitrogens with zero attached hydrogens (tertiary/aromatic N) is 3. The van der Waals surface area contributed by atoms with Crippen molar-refractivity contribution in [3.63, 3.8) is 0 Å². The summed E-state index contributed by atoms with van der Waals surface area (Å²) in [6.45, 7) is 4.37. The van der Waals surface area contributed by atoms with Crippen LogP contribution in [0.1, 0.15) is 36.1 Å². The highest BCUT2D eigenvalue weighted by Crippen LogP contribution is 2.24. The van der Waals surface area contributed by atoms with E-state index in [0.29, 0.717) is 33.1 Å². The topological polar surface area (TPSA) is 88.9 Å². The van der Waals surface area contributed by atoms with Crippen LogP contribution in [-0.2, 0) is 11.3 Å². The van der Waals surface area contributed by atoms with Crippen LogP contribution in [0.4, 0.5) is 5.69 Å².